The van der Waals surface area contributed by atoms with E-state index in [9.17, 15) is 0 Å². The molecule has 3 aromatic rings. The molecule has 0 unspecified atom stereocenters. The van der Waals surface area contributed by atoms with Gasteiger partial charge in [-0.15, -0.1) is 0 Å². The summed E-state index contributed by atoms with van der Waals surface area (Å²) >= 11 is 0. The number of nitrogens with zero attached hydrogens (tertiary/aromatic N) is 1. The molecule has 0 amide bonds. The minimum absolute atomic E-state index is 0.215. The molecule has 27 heavy (non-hydrogen) atoms. The van der Waals surface area contributed by atoms with Crippen LogP contribution in [-0.4, -0.2) is 5.71 Å². The second-order valence-corrected chi connectivity index (χ2v) is 6.76. The molecular formula is C25H23NO. The molecular weight excluding hydrogens is 330 g/mol. The van der Waals surface area contributed by atoms with Gasteiger partial charge in [0.1, 0.15) is 0 Å². The first kappa shape index (κ1) is 17.3. The lowest BCUT2D eigenvalue weighted by molar-refractivity contribution is 0.0929. The monoisotopic (exact) mass is 353 g/mol. The Morgan fingerprint density at radius 1 is 0.778 bits per heavy atom. The van der Waals surface area contributed by atoms with Crippen LogP contribution in [0, 0.1) is 0 Å². The van der Waals surface area contributed by atoms with Crippen LogP contribution in [0.3, 0.4) is 0 Å². The van der Waals surface area contributed by atoms with Crippen LogP contribution in [0.1, 0.15) is 41.2 Å². The summed E-state index contributed by atoms with van der Waals surface area (Å²) in [5.74, 6) is 0. The zero-order valence-electron chi connectivity index (χ0n) is 15.3. The van der Waals surface area contributed by atoms with Gasteiger partial charge < -0.3 is 4.84 Å². The van der Waals surface area contributed by atoms with E-state index in [1.165, 1.54) is 11.1 Å². The molecule has 0 spiro atoms. The molecule has 134 valence electrons. The largest absolute Gasteiger partial charge is 0.383 e. The molecule has 2 nitrogen and oxygen atoms in total. The van der Waals surface area contributed by atoms with Crippen LogP contribution in [0.4, 0.5) is 0 Å². The molecule has 0 radical (unpaired) electrons. The van der Waals surface area contributed by atoms with Crippen LogP contribution in [0.2, 0.25) is 0 Å². The van der Waals surface area contributed by atoms with Crippen molar-refractivity contribution >= 4 is 11.8 Å². The van der Waals surface area contributed by atoms with Crippen molar-refractivity contribution in [2.24, 2.45) is 5.16 Å². The number of hydrogen-bond acceptors (Lipinski definition) is 2. The van der Waals surface area contributed by atoms with E-state index in [-0.39, 0.29) is 6.10 Å². The number of rotatable bonds is 5. The van der Waals surface area contributed by atoms with Gasteiger partial charge in [0, 0.05) is 5.56 Å². The Hall–Kier alpha value is -3.13. The smallest absolute Gasteiger partial charge is 0.171 e. The SMILES string of the molecule is C(=C\[C@H](O/N=C1\CCCc2ccccc21)c1ccccc1)/c1ccccc1. The van der Waals surface area contributed by atoms with Gasteiger partial charge in [-0.05, 0) is 42.0 Å². The highest BCUT2D eigenvalue weighted by Gasteiger charge is 2.16. The minimum atomic E-state index is -0.215. The molecule has 1 aliphatic rings. The third kappa shape index (κ3) is 4.35. The first-order valence-corrected chi connectivity index (χ1v) is 9.49. The lowest BCUT2D eigenvalue weighted by atomic mass is 9.90. The van der Waals surface area contributed by atoms with Crippen LogP contribution in [0.25, 0.3) is 6.08 Å². The first-order chi connectivity index (χ1) is 13.4. The highest BCUT2D eigenvalue weighted by Crippen LogP contribution is 2.25. The second kappa shape index (κ2) is 8.50. The maximum absolute atomic E-state index is 6.05. The van der Waals surface area contributed by atoms with Gasteiger partial charge in [-0.3, -0.25) is 0 Å². The summed E-state index contributed by atoms with van der Waals surface area (Å²) in [6.07, 6.45) is 7.14. The average molecular weight is 353 g/mol. The summed E-state index contributed by atoms with van der Waals surface area (Å²) in [6, 6.07) is 29.0. The number of aryl methyl sites for hydroxylation is 1. The lowest BCUT2D eigenvalue weighted by Gasteiger charge is -2.18. The summed E-state index contributed by atoms with van der Waals surface area (Å²) in [5.41, 5.74) is 5.88. The normalized spacial score (nSPS) is 16.2. The van der Waals surface area contributed by atoms with Crippen molar-refractivity contribution in [3.05, 3.63) is 113 Å². The highest BCUT2D eigenvalue weighted by atomic mass is 16.6. The fourth-order valence-corrected chi connectivity index (χ4v) is 3.43. The maximum Gasteiger partial charge on any atom is 0.171 e. The van der Waals surface area contributed by atoms with Gasteiger partial charge in [0.05, 0.1) is 5.71 Å². The Bertz CT molecular complexity index is 929. The van der Waals surface area contributed by atoms with Gasteiger partial charge in [0.25, 0.3) is 0 Å². The first-order valence-electron chi connectivity index (χ1n) is 9.49. The van der Waals surface area contributed by atoms with Crippen LogP contribution < -0.4 is 0 Å². The second-order valence-electron chi connectivity index (χ2n) is 6.76. The Morgan fingerprint density at radius 2 is 1.48 bits per heavy atom. The third-order valence-corrected chi connectivity index (χ3v) is 4.86. The van der Waals surface area contributed by atoms with Crippen molar-refractivity contribution in [2.45, 2.75) is 25.4 Å². The number of hydrogen-bond donors (Lipinski definition) is 0. The van der Waals surface area contributed by atoms with Gasteiger partial charge in [0.2, 0.25) is 0 Å². The Labute approximate surface area is 160 Å². The summed E-state index contributed by atoms with van der Waals surface area (Å²) in [7, 11) is 0. The van der Waals surface area contributed by atoms with Crippen LogP contribution in [-0.2, 0) is 11.3 Å². The topological polar surface area (TPSA) is 21.6 Å². The highest BCUT2D eigenvalue weighted by molar-refractivity contribution is 6.02. The predicted octanol–water partition coefficient (Wildman–Crippen LogP) is 6.20. The summed E-state index contributed by atoms with van der Waals surface area (Å²) in [6.45, 7) is 0. The number of benzene rings is 3. The van der Waals surface area contributed by atoms with Crippen molar-refractivity contribution in [1.82, 2.24) is 0 Å². The number of fused-ring (bicyclic) bond motifs is 1. The molecule has 0 fully saturated rings. The van der Waals surface area contributed by atoms with Gasteiger partial charge in [-0.25, -0.2) is 0 Å². The zero-order valence-corrected chi connectivity index (χ0v) is 15.3. The molecule has 0 saturated heterocycles. The molecule has 0 N–H and O–H groups in total. The quantitative estimate of drug-likeness (QED) is 0.501. The zero-order chi connectivity index (χ0) is 18.3. The molecule has 0 heterocycles. The van der Waals surface area contributed by atoms with E-state index in [1.54, 1.807) is 0 Å². The Kier molecular flexibility index (Phi) is 5.44. The van der Waals surface area contributed by atoms with Crippen LogP contribution in [0.15, 0.2) is 96.2 Å². The molecule has 3 aromatic carbocycles. The van der Waals surface area contributed by atoms with E-state index in [0.717, 1.165) is 36.1 Å². The van der Waals surface area contributed by atoms with Crippen LogP contribution >= 0.6 is 0 Å². The molecule has 1 atom stereocenters. The molecule has 0 bridgehead atoms. The Morgan fingerprint density at radius 3 is 2.30 bits per heavy atom. The van der Waals surface area contributed by atoms with E-state index < -0.39 is 0 Å². The lowest BCUT2D eigenvalue weighted by Crippen LogP contribution is -2.12. The Balaban J connectivity index is 1.60. The van der Waals surface area contributed by atoms with Crippen molar-refractivity contribution in [1.29, 1.82) is 0 Å². The summed E-state index contributed by atoms with van der Waals surface area (Å²) < 4.78 is 0. The van der Waals surface area contributed by atoms with E-state index >= 15 is 0 Å². The molecule has 0 aromatic heterocycles. The fourth-order valence-electron chi connectivity index (χ4n) is 3.43. The predicted molar refractivity (Wildman–Crippen MR) is 112 cm³/mol. The van der Waals surface area contributed by atoms with Gasteiger partial charge >= 0.3 is 0 Å². The average Bonchev–Trinajstić information content (AvgIpc) is 2.75. The van der Waals surface area contributed by atoms with Crippen molar-refractivity contribution in [3.8, 4) is 0 Å². The standard InChI is InChI=1S/C25H23NO/c1-3-10-20(11-4-1)18-19-25(22-13-5-2-6-14-22)27-26-24-17-9-15-21-12-7-8-16-23(21)24/h1-8,10-14,16,18-19,25H,9,15,17H2/b19-18+,26-24+/t25-/m0/s1. The fraction of sp³-hybridized carbons (Fsp3) is 0.160. The van der Waals surface area contributed by atoms with Crippen molar-refractivity contribution < 1.29 is 4.84 Å². The number of oxime groups is 1. The minimum Gasteiger partial charge on any atom is -0.383 e. The van der Waals surface area contributed by atoms with Gasteiger partial charge in [0.15, 0.2) is 6.10 Å². The molecule has 0 saturated carbocycles. The van der Waals surface area contributed by atoms with Crippen molar-refractivity contribution in [2.75, 3.05) is 0 Å². The molecule has 2 heteroatoms. The van der Waals surface area contributed by atoms with E-state index in [4.69, 9.17) is 4.84 Å². The maximum atomic E-state index is 6.05. The van der Waals surface area contributed by atoms with E-state index in [2.05, 4.69) is 65.8 Å². The molecule has 1 aliphatic carbocycles. The van der Waals surface area contributed by atoms with Gasteiger partial charge in [-0.1, -0.05) is 96.2 Å². The molecule has 0 aliphatic heterocycles. The van der Waals surface area contributed by atoms with Crippen molar-refractivity contribution in [3.63, 3.8) is 0 Å². The summed E-state index contributed by atoms with van der Waals surface area (Å²) in [4.78, 5) is 6.05. The third-order valence-electron chi connectivity index (χ3n) is 4.86. The molecule has 4 rings (SSSR count). The van der Waals surface area contributed by atoms with E-state index in [1.807, 2.05) is 36.4 Å². The van der Waals surface area contributed by atoms with Gasteiger partial charge in [-0.2, -0.15) is 0 Å². The van der Waals surface area contributed by atoms with E-state index in [0.29, 0.717) is 0 Å². The van der Waals surface area contributed by atoms with Crippen LogP contribution in [0.5, 0.6) is 0 Å². The summed E-state index contributed by atoms with van der Waals surface area (Å²) in [5, 5.41) is 4.58.